The fourth-order valence-corrected chi connectivity index (χ4v) is 5.06. The summed E-state index contributed by atoms with van der Waals surface area (Å²) in [5, 5.41) is 18.3. The molecule has 1 aliphatic rings. The average Bonchev–Trinajstić information content (AvgIpc) is 3.33. The lowest BCUT2D eigenvalue weighted by Gasteiger charge is -2.41. The Labute approximate surface area is 198 Å². The Kier molecular flexibility index (Phi) is 8.79. The molecule has 0 aromatic carbocycles. The van der Waals surface area contributed by atoms with Crippen molar-refractivity contribution in [3.8, 4) is 0 Å². The molecule has 33 heavy (non-hydrogen) atoms. The molecule has 0 radical (unpaired) electrons. The zero-order valence-electron chi connectivity index (χ0n) is 19.1. The van der Waals surface area contributed by atoms with Crippen LogP contribution in [0.25, 0.3) is 0 Å². The Morgan fingerprint density at radius 1 is 1.45 bits per heavy atom. The van der Waals surface area contributed by atoms with Gasteiger partial charge in [0.25, 0.3) is 12.1 Å². The van der Waals surface area contributed by atoms with Crippen LogP contribution in [0, 0.1) is 10.1 Å². The predicted octanol–water partition coefficient (Wildman–Crippen LogP) is 2.82. The van der Waals surface area contributed by atoms with Crippen LogP contribution < -0.4 is 11.1 Å². The maximum absolute atomic E-state index is 11.6. The summed E-state index contributed by atoms with van der Waals surface area (Å²) < 4.78 is 0. The standard InChI is InChI=1S/C23H32N6O3S/c1-17(5-6-21-20(23(24)30)4-3-10-26-21)27-11-7-19(8-12-27)28(14-18-9-13-33-16-18)22(25-2)15-29(31)32/h3-4,9-10,13,15-17,19,25H,5-8,11-12,14H2,1-2H3,(H2,24,30)/t17-/m1/s1. The summed E-state index contributed by atoms with van der Waals surface area (Å²) in [4.78, 5) is 31.3. The first-order valence-electron chi connectivity index (χ1n) is 11.2. The quantitative estimate of drug-likeness (QED) is 0.381. The molecule has 0 bridgehead atoms. The van der Waals surface area contributed by atoms with E-state index < -0.39 is 10.8 Å². The van der Waals surface area contributed by atoms with Crippen LogP contribution in [0.4, 0.5) is 0 Å². The second kappa shape index (κ2) is 11.8. The maximum atomic E-state index is 11.6. The number of hydrogen-bond donors (Lipinski definition) is 2. The highest BCUT2D eigenvalue weighted by Crippen LogP contribution is 2.25. The van der Waals surface area contributed by atoms with Gasteiger partial charge < -0.3 is 20.9 Å². The molecule has 2 aromatic rings. The minimum atomic E-state index is -0.444. The van der Waals surface area contributed by atoms with Crippen LogP contribution in [0.2, 0.25) is 0 Å². The molecule has 0 spiro atoms. The molecule has 2 aromatic heterocycles. The van der Waals surface area contributed by atoms with E-state index in [1.165, 1.54) is 0 Å². The molecule has 1 atom stereocenters. The maximum Gasteiger partial charge on any atom is 0.274 e. The predicted molar refractivity (Wildman–Crippen MR) is 129 cm³/mol. The molecule has 3 heterocycles. The summed E-state index contributed by atoms with van der Waals surface area (Å²) in [6, 6.07) is 6.06. The van der Waals surface area contributed by atoms with Crippen LogP contribution >= 0.6 is 11.3 Å². The van der Waals surface area contributed by atoms with E-state index in [0.717, 1.165) is 49.8 Å². The summed E-state index contributed by atoms with van der Waals surface area (Å²) in [6.07, 6.45) is 6.16. The van der Waals surface area contributed by atoms with E-state index in [1.54, 1.807) is 36.7 Å². The number of nitro groups is 1. The van der Waals surface area contributed by atoms with Gasteiger partial charge in [-0.1, -0.05) is 0 Å². The monoisotopic (exact) mass is 472 g/mol. The van der Waals surface area contributed by atoms with E-state index in [2.05, 4.69) is 38.5 Å². The molecule has 3 N–H and O–H groups in total. The van der Waals surface area contributed by atoms with Crippen LogP contribution in [0.15, 0.2) is 47.2 Å². The van der Waals surface area contributed by atoms with E-state index in [0.29, 0.717) is 30.4 Å². The SMILES string of the molecule is CNC(=C[N+](=O)[O-])N(Cc1ccsc1)C1CCN([C@H](C)CCc2ncccc2C(N)=O)CC1. The smallest absolute Gasteiger partial charge is 0.274 e. The number of hydrogen-bond acceptors (Lipinski definition) is 8. The summed E-state index contributed by atoms with van der Waals surface area (Å²) >= 11 is 1.63. The lowest BCUT2D eigenvalue weighted by molar-refractivity contribution is -0.404. The van der Waals surface area contributed by atoms with Gasteiger partial charge in [-0.2, -0.15) is 11.3 Å². The van der Waals surface area contributed by atoms with Crippen molar-refractivity contribution in [1.29, 1.82) is 0 Å². The van der Waals surface area contributed by atoms with Gasteiger partial charge in [0.05, 0.1) is 16.2 Å². The molecule has 3 rings (SSSR count). The van der Waals surface area contributed by atoms with Gasteiger partial charge in [0.1, 0.15) is 0 Å². The Morgan fingerprint density at radius 3 is 2.82 bits per heavy atom. The molecule has 178 valence electrons. The minimum absolute atomic E-state index is 0.212. The van der Waals surface area contributed by atoms with Gasteiger partial charge in [-0.05, 0) is 67.1 Å². The molecular weight excluding hydrogens is 440 g/mol. The van der Waals surface area contributed by atoms with E-state index >= 15 is 0 Å². The van der Waals surface area contributed by atoms with Crippen molar-refractivity contribution in [2.75, 3.05) is 20.1 Å². The van der Waals surface area contributed by atoms with Gasteiger partial charge in [-0.3, -0.25) is 19.9 Å². The van der Waals surface area contributed by atoms with Crippen LogP contribution in [-0.4, -0.2) is 57.8 Å². The molecule has 0 saturated carbocycles. The number of amides is 1. The number of carbonyl (C=O) groups excluding carboxylic acids is 1. The number of nitrogens with zero attached hydrogens (tertiary/aromatic N) is 4. The number of nitrogens with one attached hydrogen (secondary N) is 1. The first-order chi connectivity index (χ1) is 15.9. The van der Waals surface area contributed by atoms with E-state index in [4.69, 9.17) is 5.73 Å². The summed E-state index contributed by atoms with van der Waals surface area (Å²) in [5.41, 5.74) is 7.87. The highest BCUT2D eigenvalue weighted by atomic mass is 32.1. The number of rotatable bonds is 11. The number of aromatic nitrogens is 1. The fourth-order valence-electron chi connectivity index (χ4n) is 4.40. The first kappa shape index (κ1) is 24.7. The second-order valence-corrected chi connectivity index (χ2v) is 9.11. The van der Waals surface area contributed by atoms with E-state index in [1.807, 2.05) is 5.38 Å². The number of primary amides is 1. The van der Waals surface area contributed by atoms with Crippen molar-refractivity contribution in [2.24, 2.45) is 5.73 Å². The highest BCUT2D eigenvalue weighted by molar-refractivity contribution is 7.07. The Hall–Kier alpha value is -2.98. The molecule has 10 heteroatoms. The van der Waals surface area contributed by atoms with Crippen molar-refractivity contribution in [2.45, 2.75) is 51.2 Å². The third-order valence-electron chi connectivity index (χ3n) is 6.24. The minimum Gasteiger partial charge on any atom is -0.370 e. The number of likely N-dealkylation sites (tertiary alicyclic amines) is 1. The number of pyridine rings is 1. The molecule has 1 saturated heterocycles. The number of nitrogens with two attached hydrogens (primary N) is 1. The lowest BCUT2D eigenvalue weighted by Crippen LogP contribution is -2.48. The second-order valence-electron chi connectivity index (χ2n) is 8.33. The summed E-state index contributed by atoms with van der Waals surface area (Å²) in [6.45, 7) is 4.65. The fraction of sp³-hybridized carbons (Fsp3) is 0.478. The van der Waals surface area contributed by atoms with Crippen molar-refractivity contribution in [3.05, 3.63) is 74.1 Å². The Bertz CT molecular complexity index is 957. The largest absolute Gasteiger partial charge is 0.370 e. The van der Waals surface area contributed by atoms with Crippen LogP contribution in [0.3, 0.4) is 0 Å². The molecule has 1 amide bonds. The third-order valence-corrected chi connectivity index (χ3v) is 6.98. The van der Waals surface area contributed by atoms with Crippen molar-refractivity contribution < 1.29 is 9.72 Å². The van der Waals surface area contributed by atoms with Crippen LogP contribution in [0.1, 0.15) is 47.8 Å². The number of piperidine rings is 1. The van der Waals surface area contributed by atoms with E-state index in [-0.39, 0.29) is 6.04 Å². The van der Waals surface area contributed by atoms with Crippen molar-refractivity contribution >= 4 is 17.2 Å². The van der Waals surface area contributed by atoms with Gasteiger partial charge in [0.15, 0.2) is 5.82 Å². The lowest BCUT2D eigenvalue weighted by atomic mass is 9.98. The van der Waals surface area contributed by atoms with Crippen molar-refractivity contribution in [3.63, 3.8) is 0 Å². The van der Waals surface area contributed by atoms with Gasteiger partial charge in [0, 0.05) is 45.0 Å². The molecule has 1 aliphatic heterocycles. The molecule has 0 unspecified atom stereocenters. The third kappa shape index (κ3) is 6.75. The normalized spacial score (nSPS) is 16.4. The zero-order chi connectivity index (χ0) is 23.8. The van der Waals surface area contributed by atoms with Crippen LogP contribution in [0.5, 0.6) is 0 Å². The molecule has 9 nitrogen and oxygen atoms in total. The topological polar surface area (TPSA) is 118 Å². The molecule has 1 fully saturated rings. The van der Waals surface area contributed by atoms with Gasteiger partial charge in [0.2, 0.25) is 0 Å². The van der Waals surface area contributed by atoms with Gasteiger partial charge >= 0.3 is 0 Å². The number of thiophene rings is 1. The van der Waals surface area contributed by atoms with Gasteiger partial charge in [-0.15, -0.1) is 0 Å². The zero-order valence-corrected chi connectivity index (χ0v) is 20.0. The Balaban J connectivity index is 1.61. The van der Waals surface area contributed by atoms with Crippen LogP contribution in [-0.2, 0) is 13.0 Å². The average molecular weight is 473 g/mol. The number of carbonyl (C=O) groups is 1. The summed E-state index contributed by atoms with van der Waals surface area (Å²) in [5.74, 6) is 0.0900. The van der Waals surface area contributed by atoms with E-state index in [9.17, 15) is 14.9 Å². The molecule has 0 aliphatic carbocycles. The Morgan fingerprint density at radius 2 is 2.21 bits per heavy atom. The van der Waals surface area contributed by atoms with Crippen molar-refractivity contribution in [1.82, 2.24) is 20.1 Å². The van der Waals surface area contributed by atoms with Gasteiger partial charge in [-0.25, -0.2) is 0 Å². The highest BCUT2D eigenvalue weighted by Gasteiger charge is 2.29. The summed E-state index contributed by atoms with van der Waals surface area (Å²) in [7, 11) is 1.73. The first-order valence-corrected chi connectivity index (χ1v) is 12.1. The molecular formula is C23H32N6O3S. The number of aryl methyl sites for hydroxylation is 1.